The maximum atomic E-state index is 12.7. The van der Waals surface area contributed by atoms with E-state index in [-0.39, 0.29) is 17.7 Å². The zero-order valence-corrected chi connectivity index (χ0v) is 14.0. The lowest BCUT2D eigenvalue weighted by Gasteiger charge is -2.35. The van der Waals surface area contributed by atoms with E-state index in [2.05, 4.69) is 11.8 Å². The number of amides is 2. The average Bonchev–Trinajstić information content (AvgIpc) is 2.96. The highest BCUT2D eigenvalue weighted by molar-refractivity contribution is 6.00. The van der Waals surface area contributed by atoms with Crippen molar-refractivity contribution in [3.63, 3.8) is 0 Å². The molecule has 1 aromatic rings. The van der Waals surface area contributed by atoms with E-state index in [9.17, 15) is 9.59 Å². The molecule has 0 unspecified atom stereocenters. The second-order valence-electron chi connectivity index (χ2n) is 6.45. The molecular weight excluding hydrogens is 290 g/mol. The topological polar surface area (TPSA) is 43.9 Å². The Morgan fingerprint density at radius 2 is 1.87 bits per heavy atom. The Bertz CT molecular complexity index is 594. The maximum Gasteiger partial charge on any atom is 0.228 e. The standard InChI is InChI=1S/C18H25N3O2/c1-3-19-8-10-20(11-9-19)18(23)15-12-17(22)21(13-15)16-7-5-4-6-14(16)2/h4-7,15H,3,8-13H2,1-2H3/t15-/m0/s1. The van der Waals surface area contributed by atoms with E-state index in [1.165, 1.54) is 0 Å². The minimum Gasteiger partial charge on any atom is -0.340 e. The summed E-state index contributed by atoms with van der Waals surface area (Å²) in [5.74, 6) is 0.00492. The zero-order chi connectivity index (χ0) is 16.4. The summed E-state index contributed by atoms with van der Waals surface area (Å²) in [6, 6.07) is 7.87. The molecule has 0 bridgehead atoms. The lowest BCUT2D eigenvalue weighted by Crippen LogP contribution is -2.50. The summed E-state index contributed by atoms with van der Waals surface area (Å²) in [6.45, 7) is 9.12. The number of aryl methyl sites for hydroxylation is 1. The number of likely N-dealkylation sites (N-methyl/N-ethyl adjacent to an activating group) is 1. The molecule has 2 aliphatic heterocycles. The Morgan fingerprint density at radius 1 is 1.17 bits per heavy atom. The summed E-state index contributed by atoms with van der Waals surface area (Å²) in [5, 5.41) is 0. The summed E-state index contributed by atoms with van der Waals surface area (Å²) in [5.41, 5.74) is 2.01. The van der Waals surface area contributed by atoms with Gasteiger partial charge in [-0.25, -0.2) is 0 Å². The number of carbonyl (C=O) groups excluding carboxylic acids is 2. The predicted octanol–water partition coefficient (Wildman–Crippen LogP) is 1.51. The fourth-order valence-electron chi connectivity index (χ4n) is 3.51. The van der Waals surface area contributed by atoms with Crippen molar-refractivity contribution in [2.45, 2.75) is 20.3 Å². The van der Waals surface area contributed by atoms with Gasteiger partial charge in [0.05, 0.1) is 5.92 Å². The van der Waals surface area contributed by atoms with Gasteiger partial charge in [0.2, 0.25) is 11.8 Å². The van der Waals surface area contributed by atoms with Gasteiger partial charge in [-0.15, -0.1) is 0 Å². The molecule has 2 heterocycles. The summed E-state index contributed by atoms with van der Waals surface area (Å²) in [4.78, 5) is 31.2. The molecule has 2 fully saturated rings. The Kier molecular flexibility index (Phi) is 4.66. The Labute approximate surface area is 137 Å². The summed E-state index contributed by atoms with van der Waals surface area (Å²) in [6.07, 6.45) is 0.334. The molecule has 0 saturated carbocycles. The molecule has 0 radical (unpaired) electrons. The maximum absolute atomic E-state index is 12.7. The Morgan fingerprint density at radius 3 is 2.52 bits per heavy atom. The minimum absolute atomic E-state index is 0.0600. The fourth-order valence-corrected chi connectivity index (χ4v) is 3.51. The van der Waals surface area contributed by atoms with E-state index in [1.54, 1.807) is 4.90 Å². The molecule has 1 atom stereocenters. The van der Waals surface area contributed by atoms with Gasteiger partial charge in [-0.2, -0.15) is 0 Å². The highest BCUT2D eigenvalue weighted by Crippen LogP contribution is 2.28. The monoisotopic (exact) mass is 315 g/mol. The molecule has 1 aromatic carbocycles. The van der Waals surface area contributed by atoms with Crippen LogP contribution in [-0.4, -0.2) is 60.9 Å². The number of benzene rings is 1. The van der Waals surface area contributed by atoms with Gasteiger partial charge in [0.1, 0.15) is 0 Å². The highest BCUT2D eigenvalue weighted by Gasteiger charge is 2.38. The number of carbonyl (C=O) groups is 2. The van der Waals surface area contributed by atoms with Crippen LogP contribution in [-0.2, 0) is 9.59 Å². The van der Waals surface area contributed by atoms with Gasteiger partial charge in [0, 0.05) is 44.8 Å². The van der Waals surface area contributed by atoms with Crippen molar-refractivity contribution in [2.75, 3.05) is 44.2 Å². The number of hydrogen-bond donors (Lipinski definition) is 0. The second-order valence-corrected chi connectivity index (χ2v) is 6.45. The number of nitrogens with zero attached hydrogens (tertiary/aromatic N) is 3. The third-order valence-corrected chi connectivity index (χ3v) is 5.01. The molecule has 0 aliphatic carbocycles. The molecule has 124 valence electrons. The van der Waals surface area contributed by atoms with E-state index in [4.69, 9.17) is 0 Å². The van der Waals surface area contributed by atoms with Gasteiger partial charge >= 0.3 is 0 Å². The van der Waals surface area contributed by atoms with Crippen LogP contribution in [0.4, 0.5) is 5.69 Å². The normalized spacial score (nSPS) is 22.7. The first-order chi connectivity index (χ1) is 11.1. The second kappa shape index (κ2) is 6.71. The van der Waals surface area contributed by atoms with Crippen LogP contribution in [0.3, 0.4) is 0 Å². The zero-order valence-electron chi connectivity index (χ0n) is 14.0. The van der Waals surface area contributed by atoms with Crippen molar-refractivity contribution in [1.29, 1.82) is 0 Å². The van der Waals surface area contributed by atoms with Crippen LogP contribution in [0.2, 0.25) is 0 Å². The highest BCUT2D eigenvalue weighted by atomic mass is 16.2. The first-order valence-electron chi connectivity index (χ1n) is 8.47. The Balaban J connectivity index is 1.66. The molecular formula is C18H25N3O2. The molecule has 0 N–H and O–H groups in total. The van der Waals surface area contributed by atoms with Crippen molar-refractivity contribution in [3.8, 4) is 0 Å². The quantitative estimate of drug-likeness (QED) is 0.849. The average molecular weight is 315 g/mol. The van der Waals surface area contributed by atoms with Crippen LogP contribution in [0.15, 0.2) is 24.3 Å². The van der Waals surface area contributed by atoms with Gasteiger partial charge in [0.25, 0.3) is 0 Å². The van der Waals surface area contributed by atoms with Crippen LogP contribution in [0.1, 0.15) is 18.9 Å². The van der Waals surface area contributed by atoms with Crippen LogP contribution < -0.4 is 4.90 Å². The summed E-state index contributed by atoms with van der Waals surface area (Å²) < 4.78 is 0. The van der Waals surface area contributed by atoms with Crippen molar-refractivity contribution in [3.05, 3.63) is 29.8 Å². The van der Waals surface area contributed by atoms with Gasteiger partial charge in [-0.1, -0.05) is 25.1 Å². The largest absolute Gasteiger partial charge is 0.340 e. The van der Waals surface area contributed by atoms with Crippen molar-refractivity contribution in [2.24, 2.45) is 5.92 Å². The van der Waals surface area contributed by atoms with E-state index in [0.717, 1.165) is 44.0 Å². The number of para-hydroxylation sites is 1. The molecule has 2 amide bonds. The lowest BCUT2D eigenvalue weighted by molar-refractivity contribution is -0.137. The summed E-state index contributed by atoms with van der Waals surface area (Å²) >= 11 is 0. The molecule has 2 saturated heterocycles. The molecule has 5 nitrogen and oxygen atoms in total. The first kappa shape index (κ1) is 16.0. The van der Waals surface area contributed by atoms with Crippen molar-refractivity contribution >= 4 is 17.5 Å². The third kappa shape index (κ3) is 3.24. The van der Waals surface area contributed by atoms with E-state index in [0.29, 0.717) is 13.0 Å². The predicted molar refractivity (Wildman–Crippen MR) is 90.3 cm³/mol. The number of rotatable bonds is 3. The third-order valence-electron chi connectivity index (χ3n) is 5.01. The molecule has 23 heavy (non-hydrogen) atoms. The first-order valence-corrected chi connectivity index (χ1v) is 8.47. The smallest absolute Gasteiger partial charge is 0.228 e. The minimum atomic E-state index is -0.199. The molecule has 2 aliphatic rings. The number of piperazine rings is 1. The van der Waals surface area contributed by atoms with E-state index in [1.807, 2.05) is 36.1 Å². The van der Waals surface area contributed by atoms with Crippen LogP contribution >= 0.6 is 0 Å². The molecule has 0 aromatic heterocycles. The van der Waals surface area contributed by atoms with Crippen LogP contribution in [0, 0.1) is 12.8 Å². The summed E-state index contributed by atoms with van der Waals surface area (Å²) in [7, 11) is 0. The Hall–Kier alpha value is -1.88. The van der Waals surface area contributed by atoms with Gasteiger partial charge in [-0.05, 0) is 25.1 Å². The van der Waals surface area contributed by atoms with E-state index >= 15 is 0 Å². The number of anilines is 1. The number of hydrogen-bond acceptors (Lipinski definition) is 3. The van der Waals surface area contributed by atoms with Crippen molar-refractivity contribution < 1.29 is 9.59 Å². The van der Waals surface area contributed by atoms with E-state index < -0.39 is 0 Å². The van der Waals surface area contributed by atoms with Crippen molar-refractivity contribution in [1.82, 2.24) is 9.80 Å². The SMILES string of the molecule is CCN1CCN(C(=O)[C@H]2CC(=O)N(c3ccccc3C)C2)CC1. The lowest BCUT2D eigenvalue weighted by atomic mass is 10.1. The van der Waals surface area contributed by atoms with Crippen LogP contribution in [0.5, 0.6) is 0 Å². The van der Waals surface area contributed by atoms with Gasteiger partial charge in [-0.3, -0.25) is 9.59 Å². The van der Waals surface area contributed by atoms with Gasteiger partial charge < -0.3 is 14.7 Å². The molecule has 5 heteroatoms. The van der Waals surface area contributed by atoms with Crippen LogP contribution in [0.25, 0.3) is 0 Å². The molecule has 3 rings (SSSR count). The van der Waals surface area contributed by atoms with Gasteiger partial charge in [0.15, 0.2) is 0 Å². The molecule has 0 spiro atoms. The fraction of sp³-hybridized carbons (Fsp3) is 0.556.